The average molecular weight is 367 g/mol. The van der Waals surface area contributed by atoms with Gasteiger partial charge in [-0.3, -0.25) is 13.5 Å². The Morgan fingerprint density at radius 2 is 2.05 bits per heavy atom. The molecule has 0 saturated carbocycles. The Labute approximate surface area is 123 Å². The zero-order chi connectivity index (χ0) is 15.3. The van der Waals surface area contributed by atoms with E-state index in [1.807, 2.05) is 18.2 Å². The monoisotopic (exact) mass is 366 g/mol. The highest BCUT2D eigenvalue weighted by molar-refractivity contribution is 9.10. The maximum atomic E-state index is 11.6. The molecule has 0 aromatic carbocycles. The van der Waals surface area contributed by atoms with Crippen LogP contribution in [0.25, 0.3) is 5.65 Å². The van der Waals surface area contributed by atoms with Gasteiger partial charge in [-0.15, -0.1) is 0 Å². The first-order chi connectivity index (χ1) is 9.24. The van der Waals surface area contributed by atoms with Crippen LogP contribution in [0.15, 0.2) is 29.0 Å². The van der Waals surface area contributed by atoms with Crippen LogP contribution in [0, 0.1) is 0 Å². The van der Waals surface area contributed by atoms with Gasteiger partial charge in [0.1, 0.15) is 5.65 Å². The van der Waals surface area contributed by atoms with Crippen molar-refractivity contribution in [3.8, 4) is 0 Å². The lowest BCUT2D eigenvalue weighted by molar-refractivity contribution is 0.0518. The van der Waals surface area contributed by atoms with E-state index in [1.54, 1.807) is 11.3 Å². The van der Waals surface area contributed by atoms with Gasteiger partial charge in [-0.2, -0.15) is 8.42 Å². The van der Waals surface area contributed by atoms with E-state index in [9.17, 15) is 4.79 Å². The lowest BCUT2D eigenvalue weighted by atomic mass is 10.4. The minimum absolute atomic E-state index is 0.358. The number of hydrogen-bond acceptors (Lipinski definition) is 5. The Morgan fingerprint density at radius 3 is 2.60 bits per heavy atom. The van der Waals surface area contributed by atoms with E-state index in [1.165, 1.54) is 6.20 Å². The van der Waals surface area contributed by atoms with Crippen molar-refractivity contribution in [1.82, 2.24) is 9.38 Å². The zero-order valence-electron chi connectivity index (χ0n) is 10.2. The van der Waals surface area contributed by atoms with Crippen molar-refractivity contribution in [2.75, 3.05) is 6.61 Å². The molecule has 0 aliphatic heterocycles. The average Bonchev–Trinajstić information content (AvgIpc) is 2.72. The predicted molar refractivity (Wildman–Crippen MR) is 73.0 cm³/mol. The van der Waals surface area contributed by atoms with E-state index in [0.29, 0.717) is 17.9 Å². The first kappa shape index (κ1) is 16.6. The first-order valence-electron chi connectivity index (χ1n) is 5.23. The number of aromatic nitrogens is 2. The minimum atomic E-state index is -4.67. The van der Waals surface area contributed by atoms with Gasteiger partial charge >= 0.3 is 16.4 Å². The fourth-order valence-corrected chi connectivity index (χ4v) is 1.87. The van der Waals surface area contributed by atoms with E-state index in [2.05, 4.69) is 20.9 Å². The molecule has 2 N–H and O–H groups in total. The molecule has 0 radical (unpaired) electrons. The molecule has 20 heavy (non-hydrogen) atoms. The molecule has 0 unspecified atom stereocenters. The first-order valence-corrected chi connectivity index (χ1v) is 7.42. The number of esters is 1. The smallest absolute Gasteiger partial charge is 0.394 e. The number of imidazole rings is 1. The molecule has 0 fully saturated rings. The highest BCUT2D eigenvalue weighted by Crippen LogP contribution is 2.16. The van der Waals surface area contributed by atoms with Gasteiger partial charge in [-0.1, -0.05) is 6.07 Å². The summed E-state index contributed by atoms with van der Waals surface area (Å²) in [5.41, 5.74) is 1.15. The van der Waals surface area contributed by atoms with Crippen LogP contribution in [0.2, 0.25) is 0 Å². The van der Waals surface area contributed by atoms with Gasteiger partial charge in [0.25, 0.3) is 0 Å². The summed E-state index contributed by atoms with van der Waals surface area (Å²) in [7, 11) is -4.67. The highest BCUT2D eigenvalue weighted by atomic mass is 79.9. The molecule has 2 aromatic rings. The molecule has 2 heterocycles. The SMILES string of the molecule is CCOC(=O)c1cnc2cccc(Br)n12.O=S(=O)(O)O. The van der Waals surface area contributed by atoms with Gasteiger partial charge in [0.15, 0.2) is 5.69 Å². The van der Waals surface area contributed by atoms with Gasteiger partial charge in [0, 0.05) is 0 Å². The number of nitrogens with zero attached hydrogens (tertiary/aromatic N) is 2. The molecular weight excluding hydrogens is 356 g/mol. The summed E-state index contributed by atoms with van der Waals surface area (Å²) in [6.45, 7) is 2.13. The van der Waals surface area contributed by atoms with Gasteiger partial charge < -0.3 is 4.74 Å². The molecular formula is C10H11BrN2O6S. The lowest BCUT2D eigenvalue weighted by Gasteiger charge is -2.03. The quantitative estimate of drug-likeness (QED) is 0.470. The van der Waals surface area contributed by atoms with E-state index in [4.69, 9.17) is 22.3 Å². The van der Waals surface area contributed by atoms with E-state index >= 15 is 0 Å². The summed E-state index contributed by atoms with van der Waals surface area (Å²) in [5.74, 6) is -0.364. The van der Waals surface area contributed by atoms with Crippen LogP contribution in [-0.2, 0) is 15.1 Å². The number of carbonyl (C=O) groups excluding carboxylic acids is 1. The Hall–Kier alpha value is -1.49. The van der Waals surface area contributed by atoms with Crippen molar-refractivity contribution >= 4 is 37.9 Å². The number of ether oxygens (including phenoxy) is 1. The van der Waals surface area contributed by atoms with Crippen molar-refractivity contribution in [1.29, 1.82) is 0 Å². The van der Waals surface area contributed by atoms with E-state index < -0.39 is 10.4 Å². The summed E-state index contributed by atoms with van der Waals surface area (Å²) < 4.78 is 39.0. The van der Waals surface area contributed by atoms with Crippen LogP contribution in [0.5, 0.6) is 0 Å². The van der Waals surface area contributed by atoms with Crippen LogP contribution in [-0.4, -0.2) is 39.5 Å². The summed E-state index contributed by atoms with van der Waals surface area (Å²) >= 11 is 3.36. The molecule has 0 spiro atoms. The molecule has 10 heteroatoms. The molecule has 8 nitrogen and oxygen atoms in total. The van der Waals surface area contributed by atoms with Crippen molar-refractivity contribution in [2.45, 2.75) is 6.92 Å². The van der Waals surface area contributed by atoms with Gasteiger partial charge in [0.05, 0.1) is 17.4 Å². The summed E-state index contributed by atoms with van der Waals surface area (Å²) in [6, 6.07) is 5.53. The Morgan fingerprint density at radius 1 is 1.45 bits per heavy atom. The largest absolute Gasteiger partial charge is 0.461 e. The Kier molecular flexibility index (Phi) is 5.62. The second kappa shape index (κ2) is 6.79. The minimum Gasteiger partial charge on any atom is -0.461 e. The summed E-state index contributed by atoms with van der Waals surface area (Å²) in [4.78, 5) is 15.7. The molecule has 0 bridgehead atoms. The molecule has 0 amide bonds. The van der Waals surface area contributed by atoms with Gasteiger partial charge in [-0.25, -0.2) is 9.78 Å². The van der Waals surface area contributed by atoms with Gasteiger partial charge in [0.2, 0.25) is 0 Å². The fraction of sp³-hybridized carbons (Fsp3) is 0.200. The van der Waals surface area contributed by atoms with Crippen molar-refractivity contribution < 1.29 is 27.1 Å². The third kappa shape index (κ3) is 4.89. The second-order valence-corrected chi connectivity index (χ2v) is 5.06. The topological polar surface area (TPSA) is 118 Å². The van der Waals surface area contributed by atoms with Crippen LogP contribution in [0.3, 0.4) is 0 Å². The number of carbonyl (C=O) groups is 1. The van der Waals surface area contributed by atoms with Crippen LogP contribution in [0.4, 0.5) is 0 Å². The normalized spacial score (nSPS) is 10.8. The molecule has 2 rings (SSSR count). The number of halogens is 1. The molecule has 110 valence electrons. The van der Waals surface area contributed by atoms with Crippen molar-refractivity contribution in [2.24, 2.45) is 0 Å². The van der Waals surface area contributed by atoms with Crippen LogP contribution >= 0.6 is 15.9 Å². The molecule has 2 aromatic heterocycles. The lowest BCUT2D eigenvalue weighted by Crippen LogP contribution is -2.08. The Bertz CT molecular complexity index is 704. The third-order valence-electron chi connectivity index (χ3n) is 1.97. The van der Waals surface area contributed by atoms with E-state index in [-0.39, 0.29) is 5.97 Å². The molecule has 0 atom stereocenters. The van der Waals surface area contributed by atoms with Crippen LogP contribution in [0.1, 0.15) is 17.4 Å². The van der Waals surface area contributed by atoms with Crippen LogP contribution < -0.4 is 0 Å². The van der Waals surface area contributed by atoms with Crippen molar-refractivity contribution in [3.05, 3.63) is 34.7 Å². The second-order valence-electron chi connectivity index (χ2n) is 3.35. The number of rotatable bonds is 2. The van der Waals surface area contributed by atoms with Crippen molar-refractivity contribution in [3.63, 3.8) is 0 Å². The zero-order valence-corrected chi connectivity index (χ0v) is 12.6. The highest BCUT2D eigenvalue weighted by Gasteiger charge is 2.14. The number of pyridine rings is 1. The van der Waals surface area contributed by atoms with Gasteiger partial charge in [-0.05, 0) is 35.0 Å². The maximum Gasteiger partial charge on any atom is 0.394 e. The number of hydrogen-bond donors (Lipinski definition) is 2. The standard InChI is InChI=1S/C10H9BrN2O2.H2O4S/c1-2-15-10(14)7-6-12-9-5-3-4-8(11)13(7)9;1-5(2,3)4/h3-6H,2H2,1H3;(H2,1,2,3,4). The summed E-state index contributed by atoms with van der Waals surface area (Å²) in [6.07, 6.45) is 1.51. The molecule has 0 aliphatic carbocycles. The van der Waals surface area contributed by atoms with E-state index in [0.717, 1.165) is 4.60 Å². The fourth-order valence-electron chi connectivity index (χ4n) is 1.35. The predicted octanol–water partition coefficient (Wildman–Crippen LogP) is 1.62. The summed E-state index contributed by atoms with van der Waals surface area (Å²) in [5, 5.41) is 0. The Balaban J connectivity index is 0.000000347. The molecule has 0 aliphatic rings. The maximum absolute atomic E-state index is 11.6. The molecule has 0 saturated heterocycles. The number of fused-ring (bicyclic) bond motifs is 1. The third-order valence-corrected chi connectivity index (χ3v) is 2.59.